The van der Waals surface area contributed by atoms with E-state index in [-0.39, 0.29) is 5.78 Å². The van der Waals surface area contributed by atoms with Crippen LogP contribution in [0.25, 0.3) is 0 Å². The first-order chi connectivity index (χ1) is 6.59. The molecule has 0 aromatic heterocycles. The molecular formula is C10H7BrO3. The van der Waals surface area contributed by atoms with E-state index in [0.29, 0.717) is 5.56 Å². The standard InChI is InChI=1S/C10H7BrO3/c11-8-3-1-7(2-4-8)9(12)5-6-10(13)14/h1-6H,(H,13,14)/b6-5+. The molecule has 0 fully saturated rings. The molecule has 14 heavy (non-hydrogen) atoms. The van der Waals surface area contributed by atoms with E-state index in [4.69, 9.17) is 5.11 Å². The maximum absolute atomic E-state index is 11.3. The van der Waals surface area contributed by atoms with Gasteiger partial charge in [0.2, 0.25) is 0 Å². The molecule has 1 aromatic rings. The van der Waals surface area contributed by atoms with E-state index in [1.807, 2.05) is 0 Å². The number of allylic oxidation sites excluding steroid dienone is 1. The average molecular weight is 255 g/mol. The lowest BCUT2D eigenvalue weighted by Crippen LogP contribution is -1.96. The summed E-state index contributed by atoms with van der Waals surface area (Å²) < 4.78 is 0.872. The Kier molecular flexibility index (Phi) is 3.59. The summed E-state index contributed by atoms with van der Waals surface area (Å²) in [4.78, 5) is 21.4. The molecule has 0 saturated heterocycles. The van der Waals surface area contributed by atoms with Gasteiger partial charge >= 0.3 is 5.97 Å². The maximum Gasteiger partial charge on any atom is 0.328 e. The van der Waals surface area contributed by atoms with Gasteiger partial charge in [-0.3, -0.25) is 4.79 Å². The highest BCUT2D eigenvalue weighted by atomic mass is 79.9. The van der Waals surface area contributed by atoms with E-state index < -0.39 is 5.97 Å². The second-order valence-electron chi connectivity index (χ2n) is 2.54. The van der Waals surface area contributed by atoms with Crippen molar-refractivity contribution in [3.63, 3.8) is 0 Å². The SMILES string of the molecule is O=C(O)/C=C/C(=O)c1ccc(Br)cc1. The van der Waals surface area contributed by atoms with Gasteiger partial charge in [0.25, 0.3) is 0 Å². The topological polar surface area (TPSA) is 54.4 Å². The summed E-state index contributed by atoms with van der Waals surface area (Å²) in [5.41, 5.74) is 0.464. The number of aliphatic carboxylic acids is 1. The van der Waals surface area contributed by atoms with E-state index >= 15 is 0 Å². The quantitative estimate of drug-likeness (QED) is 0.665. The molecule has 0 spiro atoms. The molecule has 72 valence electrons. The minimum Gasteiger partial charge on any atom is -0.478 e. The molecule has 0 atom stereocenters. The fourth-order valence-electron chi connectivity index (χ4n) is 0.857. The lowest BCUT2D eigenvalue weighted by molar-refractivity contribution is -0.131. The van der Waals surface area contributed by atoms with Gasteiger partial charge in [0.1, 0.15) is 0 Å². The number of carbonyl (C=O) groups is 2. The summed E-state index contributed by atoms with van der Waals surface area (Å²) in [7, 11) is 0. The number of carboxylic acids is 1. The van der Waals surface area contributed by atoms with Crippen molar-refractivity contribution in [2.45, 2.75) is 0 Å². The van der Waals surface area contributed by atoms with Gasteiger partial charge < -0.3 is 5.11 Å². The van der Waals surface area contributed by atoms with Crippen LogP contribution in [-0.2, 0) is 4.79 Å². The van der Waals surface area contributed by atoms with Crippen molar-refractivity contribution in [1.29, 1.82) is 0 Å². The largest absolute Gasteiger partial charge is 0.478 e. The third-order valence-electron chi connectivity index (χ3n) is 1.51. The first kappa shape index (κ1) is 10.7. The van der Waals surface area contributed by atoms with Gasteiger partial charge in [0.15, 0.2) is 5.78 Å². The third-order valence-corrected chi connectivity index (χ3v) is 2.03. The van der Waals surface area contributed by atoms with Crippen LogP contribution in [0.2, 0.25) is 0 Å². The molecule has 1 aromatic carbocycles. The second kappa shape index (κ2) is 4.72. The zero-order chi connectivity index (χ0) is 10.6. The molecule has 0 bridgehead atoms. The molecule has 0 amide bonds. The predicted molar refractivity (Wildman–Crippen MR) is 55.2 cm³/mol. The molecule has 4 heteroatoms. The Balaban J connectivity index is 2.80. The summed E-state index contributed by atoms with van der Waals surface area (Å²) in [5, 5.41) is 8.31. The van der Waals surface area contributed by atoms with Crippen LogP contribution < -0.4 is 0 Å². The monoisotopic (exact) mass is 254 g/mol. The van der Waals surface area contributed by atoms with Crippen LogP contribution >= 0.6 is 15.9 Å². The average Bonchev–Trinajstić information content (AvgIpc) is 2.15. The Morgan fingerprint density at radius 1 is 1.14 bits per heavy atom. The Labute approximate surface area is 89.2 Å². The fourth-order valence-corrected chi connectivity index (χ4v) is 1.12. The van der Waals surface area contributed by atoms with Gasteiger partial charge in [0, 0.05) is 16.1 Å². The van der Waals surface area contributed by atoms with Crippen molar-refractivity contribution >= 4 is 27.7 Å². The number of hydrogen-bond acceptors (Lipinski definition) is 2. The highest BCUT2D eigenvalue weighted by Crippen LogP contribution is 2.11. The number of benzene rings is 1. The van der Waals surface area contributed by atoms with Gasteiger partial charge in [0.05, 0.1) is 0 Å². The molecule has 1 N–H and O–H groups in total. The highest BCUT2D eigenvalue weighted by molar-refractivity contribution is 9.10. The van der Waals surface area contributed by atoms with Crippen molar-refractivity contribution in [3.8, 4) is 0 Å². The third kappa shape index (κ3) is 3.14. The fraction of sp³-hybridized carbons (Fsp3) is 0. The molecule has 0 saturated carbocycles. The minimum absolute atomic E-state index is 0.320. The van der Waals surface area contributed by atoms with Gasteiger partial charge in [-0.1, -0.05) is 15.9 Å². The number of halogens is 1. The van der Waals surface area contributed by atoms with Crippen LogP contribution in [0.15, 0.2) is 40.9 Å². The normalized spacial score (nSPS) is 10.4. The number of carbonyl (C=O) groups excluding carboxylic acids is 1. The molecule has 0 aliphatic rings. The minimum atomic E-state index is -1.13. The van der Waals surface area contributed by atoms with Crippen LogP contribution in [0.1, 0.15) is 10.4 Å². The Bertz CT molecular complexity index is 379. The van der Waals surface area contributed by atoms with Gasteiger partial charge in [-0.2, -0.15) is 0 Å². The molecule has 0 unspecified atom stereocenters. The smallest absolute Gasteiger partial charge is 0.328 e. The number of ketones is 1. The van der Waals surface area contributed by atoms with Gasteiger partial charge in [-0.25, -0.2) is 4.79 Å². The van der Waals surface area contributed by atoms with Crippen LogP contribution in [0.3, 0.4) is 0 Å². The molecule has 0 aliphatic heterocycles. The van der Waals surface area contributed by atoms with Crippen LogP contribution in [0.4, 0.5) is 0 Å². The van der Waals surface area contributed by atoms with Crippen molar-refractivity contribution in [2.24, 2.45) is 0 Å². The number of carboxylic acid groups (broad SMARTS) is 1. The maximum atomic E-state index is 11.3. The molecule has 0 heterocycles. The Morgan fingerprint density at radius 2 is 1.71 bits per heavy atom. The van der Waals surface area contributed by atoms with Crippen LogP contribution in [0, 0.1) is 0 Å². The first-order valence-electron chi connectivity index (χ1n) is 3.80. The zero-order valence-corrected chi connectivity index (χ0v) is 8.69. The van der Waals surface area contributed by atoms with Crippen molar-refractivity contribution < 1.29 is 14.7 Å². The summed E-state index contributed by atoms with van der Waals surface area (Å²) >= 11 is 3.23. The molecular weight excluding hydrogens is 248 g/mol. The summed E-state index contributed by atoms with van der Waals surface area (Å²) in [6, 6.07) is 6.70. The summed E-state index contributed by atoms with van der Waals surface area (Å²) in [5.74, 6) is -1.45. The highest BCUT2D eigenvalue weighted by Gasteiger charge is 2.01. The van der Waals surface area contributed by atoms with Crippen molar-refractivity contribution in [1.82, 2.24) is 0 Å². The lowest BCUT2D eigenvalue weighted by atomic mass is 10.1. The van der Waals surface area contributed by atoms with E-state index in [2.05, 4.69) is 15.9 Å². The number of rotatable bonds is 3. The van der Waals surface area contributed by atoms with Crippen molar-refractivity contribution in [3.05, 3.63) is 46.5 Å². The predicted octanol–water partition coefficient (Wildman–Crippen LogP) is 2.27. The molecule has 0 aliphatic carbocycles. The molecule has 3 nitrogen and oxygen atoms in total. The van der Waals surface area contributed by atoms with Gasteiger partial charge in [-0.15, -0.1) is 0 Å². The molecule has 1 rings (SSSR count). The van der Waals surface area contributed by atoms with E-state index in [1.165, 1.54) is 0 Å². The number of hydrogen-bond donors (Lipinski definition) is 1. The Morgan fingerprint density at radius 3 is 2.21 bits per heavy atom. The summed E-state index contributed by atoms with van der Waals surface area (Å²) in [6.07, 6.45) is 1.86. The van der Waals surface area contributed by atoms with E-state index in [9.17, 15) is 9.59 Å². The van der Waals surface area contributed by atoms with Gasteiger partial charge in [-0.05, 0) is 30.3 Å². The van der Waals surface area contributed by atoms with E-state index in [1.54, 1.807) is 24.3 Å². The van der Waals surface area contributed by atoms with Crippen LogP contribution in [-0.4, -0.2) is 16.9 Å². The first-order valence-corrected chi connectivity index (χ1v) is 4.60. The second-order valence-corrected chi connectivity index (χ2v) is 3.46. The zero-order valence-electron chi connectivity index (χ0n) is 7.11. The summed E-state index contributed by atoms with van der Waals surface area (Å²) in [6.45, 7) is 0. The van der Waals surface area contributed by atoms with Crippen molar-refractivity contribution in [2.75, 3.05) is 0 Å². The van der Waals surface area contributed by atoms with E-state index in [0.717, 1.165) is 16.6 Å². The van der Waals surface area contributed by atoms with Crippen LogP contribution in [0.5, 0.6) is 0 Å². The molecule has 0 radical (unpaired) electrons. The lowest BCUT2D eigenvalue weighted by Gasteiger charge is -1.94. The Hall–Kier alpha value is -1.42.